The molecular weight excluding hydrogens is 262 g/mol. The lowest BCUT2D eigenvalue weighted by Crippen LogP contribution is -2.29. The minimum absolute atomic E-state index is 0.860. The summed E-state index contributed by atoms with van der Waals surface area (Å²) in [6.45, 7) is 8.61. The van der Waals surface area contributed by atoms with Gasteiger partial charge >= 0.3 is 0 Å². The zero-order valence-electron chi connectivity index (χ0n) is 13.2. The topological polar surface area (TPSA) is 37.4 Å². The van der Waals surface area contributed by atoms with Crippen LogP contribution in [0.1, 0.15) is 20.3 Å². The maximum Gasteiger partial charge on any atom is 0.121 e. The molecule has 0 aliphatic carbocycles. The Hall–Kier alpha value is -1.81. The van der Waals surface area contributed by atoms with Gasteiger partial charge < -0.3 is 15.0 Å². The summed E-state index contributed by atoms with van der Waals surface area (Å²) in [5.41, 5.74) is 2.04. The summed E-state index contributed by atoms with van der Waals surface area (Å²) in [7, 11) is 1.70. The largest absolute Gasteiger partial charge is 0.497 e. The molecule has 0 radical (unpaired) electrons. The Kier molecular flexibility index (Phi) is 5.81. The molecular formula is C17H25N3O. The van der Waals surface area contributed by atoms with Crippen LogP contribution >= 0.6 is 0 Å². The van der Waals surface area contributed by atoms with Crippen LogP contribution in [-0.2, 0) is 0 Å². The van der Waals surface area contributed by atoms with Crippen LogP contribution in [0, 0.1) is 0 Å². The number of nitrogens with zero attached hydrogens (tertiary/aromatic N) is 2. The smallest absolute Gasteiger partial charge is 0.121 e. The standard InChI is InChI=1S/C17H25N3O/c1-4-10-20(5-2)11-9-18-16-13-15(21-3)12-14-7-6-8-19-17(14)16/h6-8,12-13,18H,4-5,9-11H2,1-3H3. The highest BCUT2D eigenvalue weighted by molar-refractivity contribution is 5.91. The Bertz CT molecular complexity index is 571. The van der Waals surface area contributed by atoms with Gasteiger partial charge in [-0.3, -0.25) is 4.98 Å². The molecule has 0 amide bonds. The maximum absolute atomic E-state index is 5.37. The molecule has 0 atom stereocenters. The molecule has 0 unspecified atom stereocenters. The molecule has 1 aromatic carbocycles. The molecule has 21 heavy (non-hydrogen) atoms. The van der Waals surface area contributed by atoms with Crippen molar-refractivity contribution >= 4 is 16.6 Å². The Morgan fingerprint density at radius 2 is 2.10 bits per heavy atom. The second kappa shape index (κ2) is 7.84. The lowest BCUT2D eigenvalue weighted by atomic mass is 10.1. The van der Waals surface area contributed by atoms with Crippen molar-refractivity contribution in [2.24, 2.45) is 0 Å². The first-order valence-corrected chi connectivity index (χ1v) is 7.67. The molecule has 4 heteroatoms. The summed E-state index contributed by atoms with van der Waals surface area (Å²) >= 11 is 0. The number of anilines is 1. The summed E-state index contributed by atoms with van der Waals surface area (Å²) in [5, 5.41) is 4.60. The molecule has 1 heterocycles. The van der Waals surface area contributed by atoms with Crippen LogP contribution in [0.25, 0.3) is 10.9 Å². The Morgan fingerprint density at radius 3 is 2.81 bits per heavy atom. The Morgan fingerprint density at radius 1 is 1.24 bits per heavy atom. The van der Waals surface area contributed by atoms with Crippen LogP contribution in [0.4, 0.5) is 5.69 Å². The van der Waals surface area contributed by atoms with Gasteiger partial charge in [-0.2, -0.15) is 0 Å². The van der Waals surface area contributed by atoms with Gasteiger partial charge in [0.25, 0.3) is 0 Å². The van der Waals surface area contributed by atoms with Crippen molar-refractivity contribution in [1.82, 2.24) is 9.88 Å². The van der Waals surface area contributed by atoms with Crippen LogP contribution in [0.3, 0.4) is 0 Å². The van der Waals surface area contributed by atoms with Gasteiger partial charge in [-0.1, -0.05) is 19.9 Å². The third kappa shape index (κ3) is 4.08. The average molecular weight is 287 g/mol. The monoisotopic (exact) mass is 287 g/mol. The van der Waals surface area contributed by atoms with E-state index in [1.807, 2.05) is 24.4 Å². The third-order valence-electron chi connectivity index (χ3n) is 3.64. The number of ether oxygens (including phenoxy) is 1. The van der Waals surface area contributed by atoms with Crippen LogP contribution in [0.15, 0.2) is 30.5 Å². The van der Waals surface area contributed by atoms with E-state index in [-0.39, 0.29) is 0 Å². The number of benzene rings is 1. The van der Waals surface area contributed by atoms with Crippen molar-refractivity contribution in [3.8, 4) is 5.75 Å². The number of rotatable bonds is 8. The second-order valence-electron chi connectivity index (χ2n) is 5.11. The van der Waals surface area contributed by atoms with Crippen LogP contribution < -0.4 is 10.1 Å². The van der Waals surface area contributed by atoms with E-state index in [2.05, 4.69) is 35.1 Å². The fourth-order valence-electron chi connectivity index (χ4n) is 2.51. The number of nitrogens with one attached hydrogen (secondary N) is 1. The molecule has 0 spiro atoms. The molecule has 1 N–H and O–H groups in total. The van der Waals surface area contributed by atoms with Crippen molar-refractivity contribution in [3.63, 3.8) is 0 Å². The van der Waals surface area contributed by atoms with E-state index in [1.165, 1.54) is 6.42 Å². The molecule has 0 bridgehead atoms. The van der Waals surface area contributed by atoms with Crippen LogP contribution in [-0.4, -0.2) is 43.2 Å². The summed E-state index contributed by atoms with van der Waals surface area (Å²) in [6, 6.07) is 8.05. The Labute approximate surface area is 127 Å². The van der Waals surface area contributed by atoms with Crippen LogP contribution in [0.2, 0.25) is 0 Å². The third-order valence-corrected chi connectivity index (χ3v) is 3.64. The SMILES string of the molecule is CCCN(CC)CCNc1cc(OC)cc2cccnc12. The van der Waals surface area contributed by atoms with E-state index in [1.54, 1.807) is 7.11 Å². The minimum atomic E-state index is 0.860. The van der Waals surface area contributed by atoms with Gasteiger partial charge in [0.15, 0.2) is 0 Å². The average Bonchev–Trinajstić information content (AvgIpc) is 2.53. The lowest BCUT2D eigenvalue weighted by Gasteiger charge is -2.20. The van der Waals surface area contributed by atoms with Gasteiger partial charge in [0, 0.05) is 30.7 Å². The highest BCUT2D eigenvalue weighted by Gasteiger charge is 2.06. The summed E-state index contributed by atoms with van der Waals surface area (Å²) in [6.07, 6.45) is 3.02. The molecule has 1 aromatic heterocycles. The zero-order chi connectivity index (χ0) is 15.1. The number of hydrogen-bond acceptors (Lipinski definition) is 4. The van der Waals surface area contributed by atoms with Crippen molar-refractivity contribution < 1.29 is 4.74 Å². The molecule has 0 fully saturated rings. The zero-order valence-corrected chi connectivity index (χ0v) is 13.2. The fourth-order valence-corrected chi connectivity index (χ4v) is 2.51. The summed E-state index contributed by atoms with van der Waals surface area (Å²) in [5.74, 6) is 0.860. The van der Waals surface area contributed by atoms with E-state index in [0.29, 0.717) is 0 Å². The number of likely N-dealkylation sites (N-methyl/N-ethyl adjacent to an activating group) is 1. The first kappa shape index (κ1) is 15.6. The van der Waals surface area contributed by atoms with Crippen molar-refractivity contribution in [1.29, 1.82) is 0 Å². The van der Waals surface area contributed by atoms with Gasteiger partial charge in [0.05, 0.1) is 18.3 Å². The first-order chi connectivity index (χ1) is 10.3. The minimum Gasteiger partial charge on any atom is -0.497 e. The summed E-state index contributed by atoms with van der Waals surface area (Å²) in [4.78, 5) is 6.93. The highest BCUT2D eigenvalue weighted by Crippen LogP contribution is 2.27. The van der Waals surface area contributed by atoms with E-state index >= 15 is 0 Å². The molecule has 2 aromatic rings. The number of methoxy groups -OCH3 is 1. The first-order valence-electron chi connectivity index (χ1n) is 7.67. The van der Waals surface area contributed by atoms with E-state index < -0.39 is 0 Å². The Balaban J connectivity index is 2.10. The fraction of sp³-hybridized carbons (Fsp3) is 0.471. The van der Waals surface area contributed by atoms with Gasteiger partial charge in [0.1, 0.15) is 5.75 Å². The van der Waals surface area contributed by atoms with Gasteiger partial charge in [-0.25, -0.2) is 0 Å². The van der Waals surface area contributed by atoms with Gasteiger partial charge in [0.2, 0.25) is 0 Å². The molecule has 114 valence electrons. The van der Waals surface area contributed by atoms with Gasteiger partial charge in [-0.15, -0.1) is 0 Å². The number of pyridine rings is 1. The quantitative estimate of drug-likeness (QED) is 0.807. The highest BCUT2D eigenvalue weighted by atomic mass is 16.5. The number of fused-ring (bicyclic) bond motifs is 1. The van der Waals surface area contributed by atoms with Gasteiger partial charge in [-0.05, 0) is 31.6 Å². The predicted octanol–water partition coefficient (Wildman–Crippen LogP) is 3.39. The molecule has 0 aliphatic heterocycles. The van der Waals surface area contributed by atoms with E-state index in [4.69, 9.17) is 4.74 Å². The molecule has 2 rings (SSSR count). The molecule has 0 saturated carbocycles. The van der Waals surface area contributed by atoms with Crippen molar-refractivity contribution in [2.45, 2.75) is 20.3 Å². The molecule has 4 nitrogen and oxygen atoms in total. The lowest BCUT2D eigenvalue weighted by molar-refractivity contribution is 0.300. The predicted molar refractivity (Wildman–Crippen MR) is 89.2 cm³/mol. The summed E-state index contributed by atoms with van der Waals surface area (Å²) < 4.78 is 5.37. The molecule has 0 saturated heterocycles. The number of aromatic nitrogens is 1. The second-order valence-corrected chi connectivity index (χ2v) is 5.11. The normalized spacial score (nSPS) is 11.0. The van der Waals surface area contributed by atoms with E-state index in [9.17, 15) is 0 Å². The molecule has 0 aliphatic rings. The van der Waals surface area contributed by atoms with E-state index in [0.717, 1.165) is 48.5 Å². The maximum atomic E-state index is 5.37. The number of hydrogen-bond donors (Lipinski definition) is 1. The van der Waals surface area contributed by atoms with Crippen molar-refractivity contribution in [3.05, 3.63) is 30.5 Å². The van der Waals surface area contributed by atoms with Crippen LogP contribution in [0.5, 0.6) is 5.75 Å². The van der Waals surface area contributed by atoms with Crippen molar-refractivity contribution in [2.75, 3.05) is 38.6 Å².